The van der Waals surface area contributed by atoms with Crippen molar-refractivity contribution in [1.82, 2.24) is 4.98 Å². The molecule has 0 unspecified atom stereocenters. The third-order valence-electron chi connectivity index (χ3n) is 0.878. The Bertz CT molecular complexity index is 201. The van der Waals surface area contributed by atoms with E-state index in [4.69, 9.17) is 5.21 Å². The van der Waals surface area contributed by atoms with Crippen LogP contribution in [0.25, 0.3) is 0 Å². The number of hydrogen-bond acceptors (Lipinski definition) is 3. The molecule has 0 amide bonds. The van der Waals surface area contributed by atoms with Gasteiger partial charge in [0.2, 0.25) is 0 Å². The van der Waals surface area contributed by atoms with Crippen molar-refractivity contribution in [3.05, 3.63) is 30.1 Å². The second-order valence-electron chi connectivity index (χ2n) is 1.50. The summed E-state index contributed by atoms with van der Waals surface area (Å²) in [5, 5.41) is 10.9. The molecular weight excluding hydrogens is 255 g/mol. The van der Waals surface area contributed by atoms with Gasteiger partial charge in [-0.2, -0.15) is 0 Å². The molecular formula is C7H9IN2O. The van der Waals surface area contributed by atoms with E-state index in [1.807, 2.05) is 11.0 Å². The van der Waals surface area contributed by atoms with Crippen LogP contribution in [0.4, 0.5) is 0 Å². The van der Waals surface area contributed by atoms with Crippen LogP contribution in [-0.4, -0.2) is 21.3 Å². The number of alkyl halides is 1. The van der Waals surface area contributed by atoms with Gasteiger partial charge < -0.3 is 5.21 Å². The number of oxime groups is 1. The van der Waals surface area contributed by atoms with Crippen molar-refractivity contribution in [2.45, 2.75) is 0 Å². The average molecular weight is 264 g/mol. The van der Waals surface area contributed by atoms with Crippen molar-refractivity contribution in [2.24, 2.45) is 5.16 Å². The fraction of sp³-hybridized carbons (Fsp3) is 0.143. The highest BCUT2D eigenvalue weighted by Crippen LogP contribution is 1.86. The molecule has 60 valence electrons. The molecule has 1 aromatic rings. The minimum Gasteiger partial charge on any atom is -0.411 e. The average Bonchev–Trinajstić information content (AvgIpc) is 2.11. The van der Waals surface area contributed by atoms with Gasteiger partial charge in [0.05, 0.1) is 11.9 Å². The van der Waals surface area contributed by atoms with Gasteiger partial charge in [-0.25, -0.2) is 0 Å². The maximum Gasteiger partial charge on any atom is 0.0918 e. The Balaban J connectivity index is 0.000000461. The highest BCUT2D eigenvalue weighted by atomic mass is 127. The summed E-state index contributed by atoms with van der Waals surface area (Å²) < 4.78 is 0. The lowest BCUT2D eigenvalue weighted by Gasteiger charge is -1.84. The molecule has 1 rings (SSSR count). The Morgan fingerprint density at radius 1 is 1.55 bits per heavy atom. The lowest BCUT2D eigenvalue weighted by molar-refractivity contribution is 0.321. The van der Waals surface area contributed by atoms with E-state index >= 15 is 0 Å². The number of nitrogens with zero attached hydrogens (tertiary/aromatic N) is 2. The topological polar surface area (TPSA) is 45.5 Å². The Hall–Kier alpha value is -0.650. The summed E-state index contributed by atoms with van der Waals surface area (Å²) in [7, 11) is 0. The molecule has 0 spiro atoms. The Kier molecular flexibility index (Phi) is 7.02. The van der Waals surface area contributed by atoms with Gasteiger partial charge in [0.1, 0.15) is 0 Å². The maximum atomic E-state index is 8.05. The first-order chi connectivity index (χ1) is 5.43. The quantitative estimate of drug-likeness (QED) is 0.277. The maximum absolute atomic E-state index is 8.05. The molecule has 0 saturated heterocycles. The van der Waals surface area contributed by atoms with Crippen LogP contribution in [0.3, 0.4) is 0 Å². The molecule has 0 fully saturated rings. The molecule has 0 aliphatic carbocycles. The Labute approximate surface area is 79.3 Å². The summed E-state index contributed by atoms with van der Waals surface area (Å²) in [5.41, 5.74) is 0.653. The minimum atomic E-state index is 0.653. The number of aromatic nitrogens is 1. The van der Waals surface area contributed by atoms with Crippen LogP contribution in [0, 0.1) is 0 Å². The molecule has 0 aromatic carbocycles. The van der Waals surface area contributed by atoms with Crippen LogP contribution in [0.5, 0.6) is 0 Å². The molecule has 3 nitrogen and oxygen atoms in total. The zero-order chi connectivity index (χ0) is 8.53. The lowest BCUT2D eigenvalue weighted by Crippen LogP contribution is -1.83. The summed E-state index contributed by atoms with van der Waals surface area (Å²) in [6.07, 6.45) is 2.91. The molecule has 0 aliphatic heterocycles. The molecule has 0 saturated carbocycles. The smallest absolute Gasteiger partial charge is 0.0918 e. The van der Waals surface area contributed by atoms with Crippen molar-refractivity contribution in [3.8, 4) is 0 Å². The summed E-state index contributed by atoms with van der Waals surface area (Å²) in [6.45, 7) is 0. The van der Waals surface area contributed by atoms with Gasteiger partial charge >= 0.3 is 0 Å². The standard InChI is InChI=1S/C6H6N2O.CH3I/c9-8-5-6-3-1-2-4-7-6;1-2/h1-5,9H;1H3/b8-5+;. The molecule has 1 N–H and O–H groups in total. The zero-order valence-corrected chi connectivity index (χ0v) is 8.26. The Morgan fingerprint density at radius 3 is 2.73 bits per heavy atom. The van der Waals surface area contributed by atoms with Gasteiger partial charge in [0.25, 0.3) is 0 Å². The predicted molar refractivity (Wildman–Crippen MR) is 53.6 cm³/mol. The van der Waals surface area contributed by atoms with E-state index in [0.717, 1.165) is 0 Å². The van der Waals surface area contributed by atoms with Crippen LogP contribution in [0.1, 0.15) is 5.69 Å². The van der Waals surface area contributed by atoms with Crippen molar-refractivity contribution in [2.75, 3.05) is 4.93 Å². The van der Waals surface area contributed by atoms with Gasteiger partial charge in [0, 0.05) is 6.20 Å². The van der Waals surface area contributed by atoms with Crippen LogP contribution in [0.2, 0.25) is 0 Å². The summed E-state index contributed by atoms with van der Waals surface area (Å²) >= 11 is 2.15. The highest BCUT2D eigenvalue weighted by molar-refractivity contribution is 14.1. The molecule has 1 heterocycles. The molecule has 11 heavy (non-hydrogen) atoms. The van der Waals surface area contributed by atoms with Gasteiger partial charge in [0.15, 0.2) is 0 Å². The molecule has 0 radical (unpaired) electrons. The van der Waals surface area contributed by atoms with Crippen molar-refractivity contribution < 1.29 is 5.21 Å². The number of halogens is 1. The van der Waals surface area contributed by atoms with Crippen LogP contribution in [0.15, 0.2) is 29.6 Å². The molecule has 0 aliphatic rings. The van der Waals surface area contributed by atoms with E-state index in [-0.39, 0.29) is 0 Å². The second kappa shape index (κ2) is 7.46. The highest BCUT2D eigenvalue weighted by Gasteiger charge is 1.81. The van der Waals surface area contributed by atoms with E-state index in [0.29, 0.717) is 5.69 Å². The van der Waals surface area contributed by atoms with Gasteiger partial charge in [-0.05, 0) is 17.1 Å². The molecule has 4 heteroatoms. The first kappa shape index (κ1) is 10.3. The molecule has 1 aromatic heterocycles. The molecule has 0 atom stereocenters. The minimum absolute atomic E-state index is 0.653. The fourth-order valence-corrected chi connectivity index (χ4v) is 0.511. The molecule has 0 bridgehead atoms. The predicted octanol–water partition coefficient (Wildman–Crippen LogP) is 1.94. The largest absolute Gasteiger partial charge is 0.411 e. The van der Waals surface area contributed by atoms with Gasteiger partial charge in [-0.15, -0.1) is 0 Å². The first-order valence-corrected chi connectivity index (χ1v) is 5.05. The number of hydrogen-bond donors (Lipinski definition) is 1. The van der Waals surface area contributed by atoms with Crippen molar-refractivity contribution in [3.63, 3.8) is 0 Å². The fourth-order valence-electron chi connectivity index (χ4n) is 0.511. The van der Waals surface area contributed by atoms with E-state index < -0.39 is 0 Å². The van der Waals surface area contributed by atoms with E-state index in [1.54, 1.807) is 18.3 Å². The monoisotopic (exact) mass is 264 g/mol. The van der Waals surface area contributed by atoms with Crippen molar-refractivity contribution in [1.29, 1.82) is 0 Å². The van der Waals surface area contributed by atoms with Crippen molar-refractivity contribution >= 4 is 28.8 Å². The van der Waals surface area contributed by atoms with E-state index in [2.05, 4.69) is 32.7 Å². The zero-order valence-electron chi connectivity index (χ0n) is 6.11. The third kappa shape index (κ3) is 4.72. The van der Waals surface area contributed by atoms with Crippen LogP contribution in [-0.2, 0) is 0 Å². The second-order valence-corrected chi connectivity index (χ2v) is 1.50. The van der Waals surface area contributed by atoms with Crippen LogP contribution >= 0.6 is 22.6 Å². The SMILES string of the molecule is CI.O/N=C/c1ccccn1. The normalized spacial score (nSPS) is 8.91. The number of rotatable bonds is 1. The Morgan fingerprint density at radius 2 is 2.27 bits per heavy atom. The van der Waals surface area contributed by atoms with E-state index in [9.17, 15) is 0 Å². The summed E-state index contributed by atoms with van der Waals surface area (Å²) in [4.78, 5) is 5.83. The van der Waals surface area contributed by atoms with Gasteiger partial charge in [-0.3, -0.25) is 4.98 Å². The third-order valence-corrected chi connectivity index (χ3v) is 0.878. The lowest BCUT2D eigenvalue weighted by atomic mass is 10.4. The summed E-state index contributed by atoms with van der Waals surface area (Å²) in [5.74, 6) is 0. The summed E-state index contributed by atoms with van der Waals surface area (Å²) in [6, 6.07) is 5.37. The van der Waals surface area contributed by atoms with Gasteiger partial charge in [-0.1, -0.05) is 33.8 Å². The first-order valence-electron chi connectivity index (χ1n) is 2.90. The van der Waals surface area contributed by atoms with E-state index in [1.165, 1.54) is 6.21 Å². The van der Waals surface area contributed by atoms with Crippen LogP contribution < -0.4 is 0 Å². The number of pyridine rings is 1.